The summed E-state index contributed by atoms with van der Waals surface area (Å²) < 4.78 is 7.46. The molecule has 0 atom stereocenters. The second kappa shape index (κ2) is 11.2. The smallest absolute Gasteiger partial charge is 0.266 e. The lowest BCUT2D eigenvalue weighted by atomic mass is 10.1. The van der Waals surface area contributed by atoms with Crippen molar-refractivity contribution in [2.45, 2.75) is 13.5 Å². The second-order valence-electron chi connectivity index (χ2n) is 6.78. The molecule has 3 aromatic rings. The Balaban J connectivity index is 1.79. The molecule has 0 aromatic heterocycles. The molecule has 0 aliphatic rings. The molecular formula is C24H16BrCl2IN2O2. The van der Waals surface area contributed by atoms with Crippen LogP contribution in [-0.2, 0) is 11.4 Å². The van der Waals surface area contributed by atoms with E-state index in [1.54, 1.807) is 30.3 Å². The number of nitrogens with one attached hydrogen (secondary N) is 1. The number of nitriles is 1. The fourth-order valence-corrected chi connectivity index (χ4v) is 5.04. The monoisotopic (exact) mass is 640 g/mol. The summed E-state index contributed by atoms with van der Waals surface area (Å²) in [5.41, 5.74) is 3.08. The molecule has 1 amide bonds. The molecule has 0 aliphatic heterocycles. The average molecular weight is 642 g/mol. The Kier molecular flexibility index (Phi) is 8.60. The van der Waals surface area contributed by atoms with Gasteiger partial charge in [-0.25, -0.2) is 0 Å². The molecule has 32 heavy (non-hydrogen) atoms. The lowest BCUT2D eigenvalue weighted by molar-refractivity contribution is -0.112. The van der Waals surface area contributed by atoms with Gasteiger partial charge >= 0.3 is 0 Å². The Morgan fingerprint density at radius 2 is 1.97 bits per heavy atom. The molecular weight excluding hydrogens is 626 g/mol. The third-order valence-corrected chi connectivity index (χ3v) is 6.45. The molecule has 0 bridgehead atoms. The van der Waals surface area contributed by atoms with E-state index >= 15 is 0 Å². The van der Waals surface area contributed by atoms with E-state index in [2.05, 4.69) is 43.8 Å². The molecule has 0 saturated carbocycles. The molecule has 3 aromatic carbocycles. The molecule has 0 spiro atoms. The maximum Gasteiger partial charge on any atom is 0.266 e. The highest BCUT2D eigenvalue weighted by molar-refractivity contribution is 14.1. The summed E-state index contributed by atoms with van der Waals surface area (Å²) in [5.74, 6) is 0.169. The molecule has 1 N–H and O–H groups in total. The number of hydrogen-bond donors (Lipinski definition) is 1. The zero-order valence-electron chi connectivity index (χ0n) is 16.8. The Hall–Kier alpha value is -2.05. The van der Waals surface area contributed by atoms with Crippen molar-refractivity contribution in [3.8, 4) is 11.8 Å². The Morgan fingerprint density at radius 1 is 1.22 bits per heavy atom. The van der Waals surface area contributed by atoms with Crippen LogP contribution in [0.15, 0.2) is 64.6 Å². The Bertz CT molecular complexity index is 1230. The van der Waals surface area contributed by atoms with E-state index in [4.69, 9.17) is 27.9 Å². The van der Waals surface area contributed by atoms with Crippen LogP contribution in [0, 0.1) is 21.8 Å². The lowest BCUT2D eigenvalue weighted by Gasteiger charge is -2.13. The number of carbonyl (C=O) groups excluding carboxylic acids is 1. The van der Waals surface area contributed by atoms with E-state index in [-0.39, 0.29) is 12.2 Å². The second-order valence-corrected chi connectivity index (χ2v) is 9.64. The van der Waals surface area contributed by atoms with Crippen molar-refractivity contribution in [1.82, 2.24) is 0 Å². The Labute approximate surface area is 218 Å². The number of para-hydroxylation sites is 1. The van der Waals surface area contributed by atoms with E-state index in [9.17, 15) is 10.1 Å². The van der Waals surface area contributed by atoms with Gasteiger partial charge in [-0.3, -0.25) is 4.79 Å². The zero-order chi connectivity index (χ0) is 23.3. The van der Waals surface area contributed by atoms with Gasteiger partial charge in [-0.2, -0.15) is 5.26 Å². The van der Waals surface area contributed by atoms with Crippen molar-refractivity contribution < 1.29 is 9.53 Å². The number of benzene rings is 3. The normalized spacial score (nSPS) is 11.1. The van der Waals surface area contributed by atoms with Crippen LogP contribution in [0.5, 0.6) is 5.75 Å². The first-order chi connectivity index (χ1) is 15.3. The lowest BCUT2D eigenvalue weighted by Crippen LogP contribution is -2.14. The van der Waals surface area contributed by atoms with E-state index in [0.29, 0.717) is 31.5 Å². The maximum absolute atomic E-state index is 12.6. The minimum absolute atomic E-state index is 0.00225. The fraction of sp³-hybridized carbons (Fsp3) is 0.0833. The number of nitrogens with zero attached hydrogens (tertiary/aromatic N) is 1. The van der Waals surface area contributed by atoms with Gasteiger partial charge < -0.3 is 10.1 Å². The van der Waals surface area contributed by atoms with E-state index in [0.717, 1.165) is 14.7 Å². The number of ether oxygens (including phenoxy) is 1. The molecule has 8 heteroatoms. The molecule has 0 unspecified atom stereocenters. The third kappa shape index (κ3) is 6.26. The quantitative estimate of drug-likeness (QED) is 0.170. The summed E-state index contributed by atoms with van der Waals surface area (Å²) in [7, 11) is 0. The third-order valence-electron chi connectivity index (χ3n) is 4.48. The van der Waals surface area contributed by atoms with Crippen molar-refractivity contribution in [3.63, 3.8) is 0 Å². The molecule has 3 rings (SSSR count). The van der Waals surface area contributed by atoms with E-state index in [1.165, 1.54) is 0 Å². The van der Waals surface area contributed by atoms with Crippen LogP contribution in [0.4, 0.5) is 5.69 Å². The van der Waals surface area contributed by atoms with Gasteiger partial charge in [-0.1, -0.05) is 47.5 Å². The minimum Gasteiger partial charge on any atom is -0.487 e. The number of halogens is 4. The Morgan fingerprint density at radius 3 is 2.62 bits per heavy atom. The SMILES string of the molecule is Cc1ccccc1NC(=O)/C(C#N)=C\c1cc(Br)c(OCc2ccc(Cl)cc2Cl)c(I)c1. The predicted octanol–water partition coefficient (Wildman–Crippen LogP) is 7.79. The summed E-state index contributed by atoms with van der Waals surface area (Å²) in [4.78, 5) is 12.6. The van der Waals surface area contributed by atoms with Gasteiger partial charge in [0.1, 0.15) is 24.0 Å². The van der Waals surface area contributed by atoms with Crippen LogP contribution in [0.3, 0.4) is 0 Å². The minimum atomic E-state index is -0.467. The highest BCUT2D eigenvalue weighted by atomic mass is 127. The van der Waals surface area contributed by atoms with Crippen LogP contribution >= 0.6 is 61.7 Å². The van der Waals surface area contributed by atoms with Crippen LogP contribution in [0.1, 0.15) is 16.7 Å². The topological polar surface area (TPSA) is 62.1 Å². The first-order valence-electron chi connectivity index (χ1n) is 9.33. The van der Waals surface area contributed by atoms with Crippen molar-refractivity contribution in [3.05, 3.63) is 94.9 Å². The average Bonchev–Trinajstić information content (AvgIpc) is 2.74. The summed E-state index contributed by atoms with van der Waals surface area (Å²) in [6, 6.07) is 18.2. The molecule has 0 heterocycles. The standard InChI is InChI=1S/C24H16BrCl2IN2O2/c1-14-4-2-3-5-22(14)30-24(31)17(12-29)8-15-9-19(25)23(21(28)10-15)32-13-16-6-7-18(26)11-20(16)27/h2-11H,13H2,1H3,(H,30,31)/b17-8-. The van der Waals surface area contributed by atoms with Crippen molar-refractivity contribution in [1.29, 1.82) is 5.26 Å². The molecule has 4 nitrogen and oxygen atoms in total. The van der Waals surface area contributed by atoms with Crippen LogP contribution < -0.4 is 10.1 Å². The van der Waals surface area contributed by atoms with E-state index < -0.39 is 5.91 Å². The molecule has 0 fully saturated rings. The van der Waals surface area contributed by atoms with Crippen molar-refractivity contribution in [2.24, 2.45) is 0 Å². The first-order valence-corrected chi connectivity index (χ1v) is 12.0. The summed E-state index contributed by atoms with van der Waals surface area (Å²) in [6.07, 6.45) is 1.54. The highest BCUT2D eigenvalue weighted by Crippen LogP contribution is 2.34. The van der Waals surface area contributed by atoms with Crippen LogP contribution in [-0.4, -0.2) is 5.91 Å². The number of rotatable bonds is 6. The van der Waals surface area contributed by atoms with Gasteiger partial charge in [-0.15, -0.1) is 0 Å². The van der Waals surface area contributed by atoms with Crippen molar-refractivity contribution >= 4 is 79.4 Å². The first kappa shape index (κ1) is 24.6. The van der Waals surface area contributed by atoms with Gasteiger partial charge in [0, 0.05) is 21.3 Å². The van der Waals surface area contributed by atoms with Gasteiger partial charge in [0.25, 0.3) is 5.91 Å². The molecule has 0 saturated heterocycles. The maximum atomic E-state index is 12.6. The van der Waals surface area contributed by atoms with Gasteiger partial charge in [0.2, 0.25) is 0 Å². The summed E-state index contributed by atoms with van der Waals surface area (Å²) in [5, 5.41) is 13.4. The number of anilines is 1. The molecule has 0 aliphatic carbocycles. The van der Waals surface area contributed by atoms with Gasteiger partial charge in [0.05, 0.1) is 8.04 Å². The number of aryl methyl sites for hydroxylation is 1. The van der Waals surface area contributed by atoms with Crippen molar-refractivity contribution in [2.75, 3.05) is 5.32 Å². The van der Waals surface area contributed by atoms with Gasteiger partial charge in [-0.05, 0) is 93.0 Å². The highest BCUT2D eigenvalue weighted by Gasteiger charge is 2.14. The number of hydrogen-bond acceptors (Lipinski definition) is 3. The zero-order valence-corrected chi connectivity index (χ0v) is 22.0. The molecule has 0 radical (unpaired) electrons. The van der Waals surface area contributed by atoms with Crippen LogP contribution in [0.2, 0.25) is 10.0 Å². The van der Waals surface area contributed by atoms with E-state index in [1.807, 2.05) is 43.3 Å². The van der Waals surface area contributed by atoms with Crippen LogP contribution in [0.25, 0.3) is 6.08 Å². The fourth-order valence-electron chi connectivity index (χ4n) is 2.81. The number of carbonyl (C=O) groups is 1. The molecule has 162 valence electrons. The predicted molar refractivity (Wildman–Crippen MR) is 141 cm³/mol. The van der Waals surface area contributed by atoms with Gasteiger partial charge in [0.15, 0.2) is 0 Å². The summed E-state index contributed by atoms with van der Waals surface area (Å²) in [6.45, 7) is 2.16. The summed E-state index contributed by atoms with van der Waals surface area (Å²) >= 11 is 17.8. The largest absolute Gasteiger partial charge is 0.487 e. The number of amides is 1.